The molecule has 1 aromatic carbocycles. The molecule has 2 heterocycles. The van der Waals surface area contributed by atoms with Gasteiger partial charge in [-0.3, -0.25) is 14.5 Å². The van der Waals surface area contributed by atoms with Gasteiger partial charge in [-0.05, 0) is 88.0 Å². The fraction of sp³-hybridized carbons (Fsp3) is 0.368. The zero-order valence-corrected chi connectivity index (χ0v) is 18.1. The Kier molecular flexibility index (Phi) is 6.73. The van der Waals surface area contributed by atoms with Gasteiger partial charge in [0.15, 0.2) is 0 Å². The van der Waals surface area contributed by atoms with Gasteiger partial charge in [0.25, 0.3) is 0 Å². The molecule has 1 aliphatic rings. The lowest BCUT2D eigenvalue weighted by Gasteiger charge is -2.23. The van der Waals surface area contributed by atoms with E-state index >= 15 is 0 Å². The third kappa shape index (κ3) is 5.21. The summed E-state index contributed by atoms with van der Waals surface area (Å²) in [7, 11) is 0. The second-order valence-electron chi connectivity index (χ2n) is 6.58. The Morgan fingerprint density at radius 1 is 1.30 bits per heavy atom. The molecule has 0 radical (unpaired) electrons. The van der Waals surface area contributed by atoms with Gasteiger partial charge in [-0.15, -0.1) is 0 Å². The summed E-state index contributed by atoms with van der Waals surface area (Å²) in [6.45, 7) is 3.23. The molecule has 0 aliphatic carbocycles. The molecular weight excluding hydrogens is 478 g/mol. The van der Waals surface area contributed by atoms with Gasteiger partial charge in [0, 0.05) is 8.95 Å². The molecular formula is C19H21Br2N3O3. The smallest absolute Gasteiger partial charge is 0.238 e. The normalized spacial score (nSPS) is 17.1. The first kappa shape index (κ1) is 20.1. The van der Waals surface area contributed by atoms with Crippen molar-refractivity contribution in [2.24, 2.45) is 0 Å². The number of amides is 2. The summed E-state index contributed by atoms with van der Waals surface area (Å²) in [5.74, 6) is 0.486. The standard InChI is InChI=1S/C19H21Br2N3O3/c1-12-8-14(20)18(15(21)9-12)23-17(25)11-24-6-2-5-16(24)19(26)22-10-13-4-3-7-27-13/h3-4,7-9,16H,2,5-6,10-11H2,1H3,(H,22,26)(H,23,25). The van der Waals surface area contributed by atoms with E-state index in [-0.39, 0.29) is 24.4 Å². The van der Waals surface area contributed by atoms with Crippen molar-refractivity contribution in [2.45, 2.75) is 32.4 Å². The quantitative estimate of drug-likeness (QED) is 0.634. The Hall–Kier alpha value is -1.64. The molecule has 8 heteroatoms. The summed E-state index contributed by atoms with van der Waals surface area (Å²) < 4.78 is 6.87. The highest BCUT2D eigenvalue weighted by atomic mass is 79.9. The number of likely N-dealkylation sites (tertiary alicyclic amines) is 1. The average molecular weight is 499 g/mol. The second-order valence-corrected chi connectivity index (χ2v) is 8.29. The number of aryl methyl sites for hydroxylation is 1. The van der Waals surface area contributed by atoms with E-state index in [1.54, 1.807) is 12.3 Å². The summed E-state index contributed by atoms with van der Waals surface area (Å²) >= 11 is 6.96. The highest BCUT2D eigenvalue weighted by Gasteiger charge is 2.32. The number of carbonyl (C=O) groups is 2. The lowest BCUT2D eigenvalue weighted by molar-refractivity contribution is -0.126. The van der Waals surface area contributed by atoms with Crippen LogP contribution in [0, 0.1) is 6.92 Å². The van der Waals surface area contributed by atoms with Gasteiger partial charge < -0.3 is 15.1 Å². The fourth-order valence-corrected chi connectivity index (χ4v) is 4.81. The van der Waals surface area contributed by atoms with Crippen molar-refractivity contribution in [1.29, 1.82) is 0 Å². The van der Waals surface area contributed by atoms with E-state index in [1.807, 2.05) is 30.0 Å². The van der Waals surface area contributed by atoms with Crippen LogP contribution in [0.15, 0.2) is 43.9 Å². The number of anilines is 1. The van der Waals surface area contributed by atoms with E-state index < -0.39 is 0 Å². The Balaban J connectivity index is 1.57. The molecule has 1 saturated heterocycles. The highest BCUT2D eigenvalue weighted by Crippen LogP contribution is 2.32. The molecule has 3 rings (SSSR count). The van der Waals surface area contributed by atoms with Crippen LogP contribution >= 0.6 is 31.9 Å². The van der Waals surface area contributed by atoms with Gasteiger partial charge >= 0.3 is 0 Å². The number of carbonyl (C=O) groups excluding carboxylic acids is 2. The van der Waals surface area contributed by atoms with Gasteiger partial charge in [0.2, 0.25) is 11.8 Å². The molecule has 1 aliphatic heterocycles. The minimum atomic E-state index is -0.296. The van der Waals surface area contributed by atoms with E-state index in [1.165, 1.54) is 0 Å². The first-order valence-electron chi connectivity index (χ1n) is 8.73. The molecule has 27 heavy (non-hydrogen) atoms. The zero-order chi connectivity index (χ0) is 19.4. The molecule has 2 N–H and O–H groups in total. The molecule has 1 atom stereocenters. The number of nitrogens with one attached hydrogen (secondary N) is 2. The van der Waals surface area contributed by atoms with Crippen molar-refractivity contribution in [3.63, 3.8) is 0 Å². The van der Waals surface area contributed by atoms with Crippen LogP contribution in [0.1, 0.15) is 24.2 Å². The van der Waals surface area contributed by atoms with Gasteiger partial charge in [-0.25, -0.2) is 0 Å². The van der Waals surface area contributed by atoms with E-state index in [0.29, 0.717) is 18.0 Å². The molecule has 1 fully saturated rings. The third-order valence-electron chi connectivity index (χ3n) is 4.48. The lowest BCUT2D eigenvalue weighted by Crippen LogP contribution is -2.45. The maximum absolute atomic E-state index is 12.5. The number of hydrogen-bond donors (Lipinski definition) is 2. The van der Waals surface area contributed by atoms with Crippen molar-refractivity contribution in [1.82, 2.24) is 10.2 Å². The maximum atomic E-state index is 12.5. The van der Waals surface area contributed by atoms with Crippen molar-refractivity contribution in [3.8, 4) is 0 Å². The fourth-order valence-electron chi connectivity index (χ4n) is 3.20. The predicted octanol–water partition coefficient (Wildman–Crippen LogP) is 3.83. The van der Waals surface area contributed by atoms with Crippen LogP contribution in [0.2, 0.25) is 0 Å². The second kappa shape index (κ2) is 9.03. The predicted molar refractivity (Wildman–Crippen MR) is 110 cm³/mol. The van der Waals surface area contributed by atoms with E-state index in [0.717, 1.165) is 33.9 Å². The van der Waals surface area contributed by atoms with Crippen molar-refractivity contribution in [2.75, 3.05) is 18.4 Å². The number of rotatable bonds is 6. The number of furan rings is 1. The molecule has 2 amide bonds. The number of nitrogens with zero attached hydrogens (tertiary/aromatic N) is 1. The van der Waals surface area contributed by atoms with Crippen molar-refractivity contribution >= 4 is 49.4 Å². The molecule has 0 saturated carbocycles. The summed E-state index contributed by atoms with van der Waals surface area (Å²) in [6.07, 6.45) is 3.22. The van der Waals surface area contributed by atoms with Crippen molar-refractivity contribution in [3.05, 3.63) is 50.8 Å². The van der Waals surface area contributed by atoms with Crippen LogP contribution in [0.25, 0.3) is 0 Å². The monoisotopic (exact) mass is 497 g/mol. The Labute approximate surface area is 174 Å². The average Bonchev–Trinajstić information content (AvgIpc) is 3.27. The Morgan fingerprint density at radius 3 is 2.70 bits per heavy atom. The number of benzene rings is 1. The van der Waals surface area contributed by atoms with Gasteiger partial charge in [0.05, 0.1) is 31.1 Å². The lowest BCUT2D eigenvalue weighted by atomic mass is 10.2. The molecule has 1 aromatic heterocycles. The molecule has 0 bridgehead atoms. The van der Waals surface area contributed by atoms with Gasteiger partial charge in [0.1, 0.15) is 5.76 Å². The summed E-state index contributed by atoms with van der Waals surface area (Å²) in [5, 5.41) is 5.81. The maximum Gasteiger partial charge on any atom is 0.238 e. The molecule has 0 spiro atoms. The number of halogens is 2. The van der Waals surface area contributed by atoms with E-state index in [9.17, 15) is 9.59 Å². The summed E-state index contributed by atoms with van der Waals surface area (Å²) in [4.78, 5) is 26.9. The minimum absolute atomic E-state index is 0.0746. The first-order chi connectivity index (χ1) is 12.9. The van der Waals surface area contributed by atoms with Crippen LogP contribution < -0.4 is 10.6 Å². The molecule has 144 valence electrons. The number of hydrogen-bond acceptors (Lipinski definition) is 4. The SMILES string of the molecule is Cc1cc(Br)c(NC(=O)CN2CCCC2C(=O)NCc2ccco2)c(Br)c1. The largest absolute Gasteiger partial charge is 0.467 e. The van der Waals surface area contributed by atoms with Gasteiger partial charge in [-0.1, -0.05) is 0 Å². The first-order valence-corrected chi connectivity index (χ1v) is 10.3. The van der Waals surface area contributed by atoms with Crippen LogP contribution in [-0.4, -0.2) is 35.8 Å². The Morgan fingerprint density at radius 2 is 2.04 bits per heavy atom. The summed E-state index contributed by atoms with van der Waals surface area (Å²) in [5.41, 5.74) is 1.78. The molecule has 6 nitrogen and oxygen atoms in total. The van der Waals surface area contributed by atoms with Crippen LogP contribution in [-0.2, 0) is 16.1 Å². The topological polar surface area (TPSA) is 74.6 Å². The van der Waals surface area contributed by atoms with Crippen LogP contribution in [0.5, 0.6) is 0 Å². The van der Waals surface area contributed by atoms with E-state index in [2.05, 4.69) is 42.5 Å². The summed E-state index contributed by atoms with van der Waals surface area (Å²) in [6, 6.07) is 7.20. The Bertz CT molecular complexity index is 801. The van der Waals surface area contributed by atoms with E-state index in [4.69, 9.17) is 4.42 Å². The van der Waals surface area contributed by atoms with Crippen LogP contribution in [0.4, 0.5) is 5.69 Å². The molecule has 1 unspecified atom stereocenters. The minimum Gasteiger partial charge on any atom is -0.467 e. The highest BCUT2D eigenvalue weighted by molar-refractivity contribution is 9.11. The van der Waals surface area contributed by atoms with Gasteiger partial charge in [-0.2, -0.15) is 0 Å². The van der Waals surface area contributed by atoms with Crippen LogP contribution in [0.3, 0.4) is 0 Å². The third-order valence-corrected chi connectivity index (χ3v) is 5.73. The molecule has 2 aromatic rings. The van der Waals surface area contributed by atoms with Crippen molar-refractivity contribution < 1.29 is 14.0 Å². The zero-order valence-electron chi connectivity index (χ0n) is 14.9.